The number of amides is 2. The Bertz CT molecular complexity index is 671. The van der Waals surface area contributed by atoms with Crippen molar-refractivity contribution in [1.82, 2.24) is 4.90 Å². The van der Waals surface area contributed by atoms with Crippen LogP contribution in [0.3, 0.4) is 0 Å². The van der Waals surface area contributed by atoms with Gasteiger partial charge in [-0.25, -0.2) is 0 Å². The fraction of sp³-hybridized carbons (Fsp3) is 0.474. The van der Waals surface area contributed by atoms with Crippen molar-refractivity contribution >= 4 is 29.0 Å². The van der Waals surface area contributed by atoms with Gasteiger partial charge < -0.3 is 9.47 Å². The molecule has 2 rings (SSSR count). The van der Waals surface area contributed by atoms with Crippen LogP contribution in [0.2, 0.25) is 0 Å². The first kappa shape index (κ1) is 19.4. The number of ether oxygens (including phenoxy) is 2. The minimum Gasteiger partial charge on any atom is -0.490 e. The molecule has 1 aromatic rings. The molecular formula is C19H25NO4S. The molecular weight excluding hydrogens is 338 g/mol. The summed E-state index contributed by atoms with van der Waals surface area (Å²) in [5.74, 6) is 1.10. The Morgan fingerprint density at radius 1 is 1.20 bits per heavy atom. The molecule has 1 saturated heterocycles. The van der Waals surface area contributed by atoms with Gasteiger partial charge in [-0.15, -0.1) is 0 Å². The molecule has 1 heterocycles. The second-order valence-corrected chi connectivity index (χ2v) is 6.80. The van der Waals surface area contributed by atoms with Crippen LogP contribution in [0.1, 0.15) is 46.1 Å². The van der Waals surface area contributed by atoms with Gasteiger partial charge in [0.2, 0.25) is 0 Å². The smallest absolute Gasteiger partial charge is 0.293 e. The third kappa shape index (κ3) is 4.78. The quantitative estimate of drug-likeness (QED) is 0.626. The van der Waals surface area contributed by atoms with E-state index in [1.807, 2.05) is 39.0 Å². The van der Waals surface area contributed by atoms with Crippen molar-refractivity contribution in [2.24, 2.45) is 0 Å². The lowest BCUT2D eigenvalue weighted by molar-refractivity contribution is -0.122. The lowest BCUT2D eigenvalue weighted by atomic mass is 10.1. The average Bonchev–Trinajstić information content (AvgIpc) is 2.85. The molecule has 0 radical (unpaired) electrons. The summed E-state index contributed by atoms with van der Waals surface area (Å²) in [4.78, 5) is 26.0. The van der Waals surface area contributed by atoms with E-state index in [0.717, 1.165) is 30.2 Å². The highest BCUT2D eigenvalue weighted by molar-refractivity contribution is 8.18. The summed E-state index contributed by atoms with van der Waals surface area (Å²) in [6.07, 6.45) is 3.48. The first-order chi connectivity index (χ1) is 12.0. The highest BCUT2D eigenvalue weighted by Gasteiger charge is 2.34. The molecule has 0 unspecified atom stereocenters. The normalized spacial score (nSPS) is 17.3. The van der Waals surface area contributed by atoms with Gasteiger partial charge in [0.25, 0.3) is 11.1 Å². The number of imide groups is 1. The lowest BCUT2D eigenvalue weighted by Crippen LogP contribution is -2.28. The highest BCUT2D eigenvalue weighted by Crippen LogP contribution is 2.35. The van der Waals surface area contributed by atoms with Crippen LogP contribution in [0.25, 0.3) is 6.08 Å². The molecule has 0 saturated carbocycles. The number of nitrogens with zero attached hydrogens (tertiary/aromatic N) is 1. The second kappa shape index (κ2) is 8.94. The first-order valence-electron chi connectivity index (χ1n) is 8.68. The van der Waals surface area contributed by atoms with E-state index in [2.05, 4.69) is 6.92 Å². The zero-order valence-electron chi connectivity index (χ0n) is 15.2. The molecule has 0 spiro atoms. The molecule has 0 aliphatic carbocycles. The molecule has 0 N–H and O–H groups in total. The average molecular weight is 363 g/mol. The zero-order valence-corrected chi connectivity index (χ0v) is 16.0. The molecule has 1 aliphatic heterocycles. The maximum atomic E-state index is 12.3. The van der Waals surface area contributed by atoms with Gasteiger partial charge in [0.05, 0.1) is 17.6 Å². The van der Waals surface area contributed by atoms with E-state index < -0.39 is 0 Å². The summed E-state index contributed by atoms with van der Waals surface area (Å²) in [6, 6.07) is 5.56. The van der Waals surface area contributed by atoms with Crippen LogP contribution in [0.4, 0.5) is 4.79 Å². The molecule has 1 atom stereocenters. The SMILES string of the molecule is CCCN1C(=O)S/C(=C/c2ccc(O[C@H](C)CC)c(OCC)c2)C1=O. The topological polar surface area (TPSA) is 55.8 Å². The Kier molecular flexibility index (Phi) is 6.93. The molecule has 0 bridgehead atoms. The minimum absolute atomic E-state index is 0.0931. The second-order valence-electron chi connectivity index (χ2n) is 5.81. The molecule has 2 amide bonds. The number of carbonyl (C=O) groups excluding carboxylic acids is 2. The van der Waals surface area contributed by atoms with Crippen LogP contribution >= 0.6 is 11.8 Å². The van der Waals surface area contributed by atoms with E-state index >= 15 is 0 Å². The maximum Gasteiger partial charge on any atom is 0.293 e. The van der Waals surface area contributed by atoms with Gasteiger partial charge in [-0.2, -0.15) is 0 Å². The fourth-order valence-electron chi connectivity index (χ4n) is 2.35. The predicted octanol–water partition coefficient (Wildman–Crippen LogP) is 4.71. The summed E-state index contributed by atoms with van der Waals surface area (Å²) < 4.78 is 11.6. The van der Waals surface area contributed by atoms with E-state index in [-0.39, 0.29) is 17.3 Å². The number of thioether (sulfide) groups is 1. The Hall–Kier alpha value is -1.95. The van der Waals surface area contributed by atoms with Crippen LogP contribution in [0.15, 0.2) is 23.1 Å². The number of hydrogen-bond acceptors (Lipinski definition) is 5. The Labute approximate surface area is 153 Å². The van der Waals surface area contributed by atoms with E-state index in [1.54, 1.807) is 6.08 Å². The van der Waals surface area contributed by atoms with Crippen molar-refractivity contribution < 1.29 is 19.1 Å². The van der Waals surface area contributed by atoms with Gasteiger partial charge in [-0.1, -0.05) is 19.9 Å². The summed E-state index contributed by atoms with van der Waals surface area (Å²) in [6.45, 7) is 8.90. The highest BCUT2D eigenvalue weighted by atomic mass is 32.2. The van der Waals surface area contributed by atoms with E-state index in [4.69, 9.17) is 9.47 Å². The van der Waals surface area contributed by atoms with Crippen molar-refractivity contribution in [2.75, 3.05) is 13.2 Å². The van der Waals surface area contributed by atoms with E-state index in [0.29, 0.717) is 29.6 Å². The molecule has 136 valence electrons. The standard InChI is InChI=1S/C19H25NO4S/c1-5-10-20-18(21)17(25-19(20)22)12-14-8-9-15(24-13(4)6-2)16(11-14)23-7-3/h8-9,11-13H,5-7,10H2,1-4H3/b17-12+/t13-/m1/s1. The predicted molar refractivity (Wildman–Crippen MR) is 101 cm³/mol. The Morgan fingerprint density at radius 3 is 2.60 bits per heavy atom. The largest absolute Gasteiger partial charge is 0.490 e. The van der Waals surface area contributed by atoms with Gasteiger partial charge in [0, 0.05) is 6.54 Å². The van der Waals surface area contributed by atoms with Crippen LogP contribution in [0.5, 0.6) is 11.5 Å². The van der Waals surface area contributed by atoms with E-state index in [1.165, 1.54) is 4.90 Å². The Balaban J connectivity index is 2.26. The molecule has 1 aliphatic rings. The lowest BCUT2D eigenvalue weighted by Gasteiger charge is -2.16. The van der Waals surface area contributed by atoms with Crippen molar-refractivity contribution in [3.05, 3.63) is 28.7 Å². The molecule has 5 nitrogen and oxygen atoms in total. The summed E-state index contributed by atoms with van der Waals surface area (Å²) in [7, 11) is 0. The van der Waals surface area contributed by atoms with Gasteiger partial charge in [-0.05, 0) is 62.2 Å². The third-order valence-electron chi connectivity index (χ3n) is 3.79. The molecule has 1 aromatic carbocycles. The zero-order chi connectivity index (χ0) is 18.4. The maximum absolute atomic E-state index is 12.3. The summed E-state index contributed by atoms with van der Waals surface area (Å²) in [5, 5.41) is -0.208. The minimum atomic E-state index is -0.227. The fourth-order valence-corrected chi connectivity index (χ4v) is 3.21. The van der Waals surface area contributed by atoms with Gasteiger partial charge in [0.15, 0.2) is 11.5 Å². The van der Waals surface area contributed by atoms with Gasteiger partial charge >= 0.3 is 0 Å². The van der Waals surface area contributed by atoms with Crippen LogP contribution in [0, 0.1) is 0 Å². The Morgan fingerprint density at radius 2 is 1.96 bits per heavy atom. The first-order valence-corrected chi connectivity index (χ1v) is 9.50. The number of rotatable bonds is 8. The van der Waals surface area contributed by atoms with Crippen LogP contribution < -0.4 is 9.47 Å². The van der Waals surface area contributed by atoms with Gasteiger partial charge in [0.1, 0.15) is 0 Å². The van der Waals surface area contributed by atoms with Crippen LogP contribution in [-0.4, -0.2) is 35.3 Å². The molecule has 25 heavy (non-hydrogen) atoms. The van der Waals surface area contributed by atoms with Crippen LogP contribution in [-0.2, 0) is 4.79 Å². The number of benzene rings is 1. The van der Waals surface area contributed by atoms with Crippen molar-refractivity contribution in [3.63, 3.8) is 0 Å². The molecule has 0 aromatic heterocycles. The number of carbonyl (C=O) groups is 2. The molecule has 6 heteroatoms. The monoisotopic (exact) mass is 363 g/mol. The third-order valence-corrected chi connectivity index (χ3v) is 4.70. The number of hydrogen-bond donors (Lipinski definition) is 0. The summed E-state index contributed by atoms with van der Waals surface area (Å²) in [5.41, 5.74) is 0.807. The van der Waals surface area contributed by atoms with Crippen molar-refractivity contribution in [1.29, 1.82) is 0 Å². The summed E-state index contributed by atoms with van der Waals surface area (Å²) >= 11 is 0.981. The van der Waals surface area contributed by atoms with Crippen molar-refractivity contribution in [3.8, 4) is 11.5 Å². The van der Waals surface area contributed by atoms with Gasteiger partial charge in [-0.3, -0.25) is 14.5 Å². The van der Waals surface area contributed by atoms with E-state index in [9.17, 15) is 9.59 Å². The molecule has 1 fully saturated rings. The van der Waals surface area contributed by atoms with Crippen molar-refractivity contribution in [2.45, 2.75) is 46.6 Å².